The van der Waals surface area contributed by atoms with Gasteiger partial charge in [-0.05, 0) is 19.1 Å². The van der Waals surface area contributed by atoms with Gasteiger partial charge in [-0.1, -0.05) is 6.92 Å². The van der Waals surface area contributed by atoms with Crippen LogP contribution in [-0.2, 0) is 11.3 Å². The Kier molecular flexibility index (Phi) is 4.09. The van der Waals surface area contributed by atoms with Gasteiger partial charge in [-0.2, -0.15) is 0 Å². The van der Waals surface area contributed by atoms with Crippen molar-refractivity contribution in [2.45, 2.75) is 20.0 Å². The number of furan rings is 1. The number of hydrogen-bond donors (Lipinski definition) is 1. The lowest BCUT2D eigenvalue weighted by Crippen LogP contribution is -2.19. The SMILES string of the molecule is C=C(OCc1ccc(N)o1)N(C)CCC. The third kappa shape index (κ3) is 3.58. The molecule has 4 heteroatoms. The average molecular weight is 210 g/mol. The highest BCUT2D eigenvalue weighted by Gasteiger charge is 2.04. The van der Waals surface area contributed by atoms with Crippen molar-refractivity contribution < 1.29 is 9.15 Å². The van der Waals surface area contributed by atoms with Gasteiger partial charge in [0.15, 0.2) is 11.8 Å². The molecule has 0 unspecified atom stereocenters. The molecule has 1 aromatic rings. The van der Waals surface area contributed by atoms with E-state index in [0.717, 1.165) is 13.0 Å². The highest BCUT2D eigenvalue weighted by molar-refractivity contribution is 5.24. The molecule has 1 aromatic heterocycles. The molecule has 0 radical (unpaired) electrons. The number of anilines is 1. The van der Waals surface area contributed by atoms with Gasteiger partial charge in [-0.3, -0.25) is 0 Å². The fraction of sp³-hybridized carbons (Fsp3) is 0.455. The molecular formula is C11H18N2O2. The number of nitrogens with zero attached hydrogens (tertiary/aromatic N) is 1. The minimum Gasteiger partial charge on any atom is -0.471 e. The highest BCUT2D eigenvalue weighted by atomic mass is 16.5. The van der Waals surface area contributed by atoms with E-state index in [9.17, 15) is 0 Å². The molecule has 0 aliphatic heterocycles. The number of nitrogens with two attached hydrogens (primary N) is 1. The summed E-state index contributed by atoms with van der Waals surface area (Å²) in [5.41, 5.74) is 5.44. The number of hydrogen-bond acceptors (Lipinski definition) is 4. The molecule has 0 spiro atoms. The summed E-state index contributed by atoms with van der Waals surface area (Å²) < 4.78 is 10.6. The van der Waals surface area contributed by atoms with Crippen LogP contribution in [0.3, 0.4) is 0 Å². The molecule has 0 saturated carbocycles. The fourth-order valence-corrected chi connectivity index (χ4v) is 1.20. The summed E-state index contributed by atoms with van der Waals surface area (Å²) in [5, 5.41) is 0. The Morgan fingerprint density at radius 2 is 2.33 bits per heavy atom. The van der Waals surface area contributed by atoms with E-state index in [1.54, 1.807) is 12.1 Å². The summed E-state index contributed by atoms with van der Waals surface area (Å²) >= 11 is 0. The standard InChI is InChI=1S/C11H18N2O2/c1-4-7-13(3)9(2)14-8-10-5-6-11(12)15-10/h5-6H,2,4,7-8,12H2,1,3H3. The second-order valence-corrected chi connectivity index (χ2v) is 3.41. The molecule has 1 heterocycles. The lowest BCUT2D eigenvalue weighted by Gasteiger charge is -2.20. The van der Waals surface area contributed by atoms with Crippen LogP contribution in [-0.4, -0.2) is 18.5 Å². The third-order valence-corrected chi connectivity index (χ3v) is 2.05. The maximum Gasteiger partial charge on any atom is 0.190 e. The van der Waals surface area contributed by atoms with Crippen LogP contribution in [0, 0.1) is 0 Å². The quantitative estimate of drug-likeness (QED) is 0.731. The van der Waals surface area contributed by atoms with Gasteiger partial charge in [0.1, 0.15) is 12.4 Å². The molecular weight excluding hydrogens is 192 g/mol. The third-order valence-electron chi connectivity index (χ3n) is 2.05. The Labute approximate surface area is 90.3 Å². The maximum atomic E-state index is 5.44. The van der Waals surface area contributed by atoms with Crippen molar-refractivity contribution in [3.63, 3.8) is 0 Å². The first-order chi connectivity index (χ1) is 7.13. The minimum atomic E-state index is 0.365. The lowest BCUT2D eigenvalue weighted by atomic mass is 10.4. The fourth-order valence-electron chi connectivity index (χ4n) is 1.20. The Bertz CT molecular complexity index is 320. The van der Waals surface area contributed by atoms with E-state index in [0.29, 0.717) is 24.1 Å². The van der Waals surface area contributed by atoms with Gasteiger partial charge in [0.25, 0.3) is 0 Å². The first kappa shape index (κ1) is 11.5. The zero-order chi connectivity index (χ0) is 11.3. The van der Waals surface area contributed by atoms with Crippen LogP contribution < -0.4 is 5.73 Å². The second kappa shape index (κ2) is 5.34. The molecule has 0 amide bonds. The molecule has 0 atom stereocenters. The Balaban J connectivity index is 2.34. The monoisotopic (exact) mass is 210 g/mol. The molecule has 4 nitrogen and oxygen atoms in total. The summed E-state index contributed by atoms with van der Waals surface area (Å²) in [7, 11) is 1.95. The van der Waals surface area contributed by atoms with Gasteiger partial charge in [-0.15, -0.1) is 0 Å². The predicted molar refractivity (Wildman–Crippen MR) is 60.0 cm³/mol. The largest absolute Gasteiger partial charge is 0.471 e. The van der Waals surface area contributed by atoms with Gasteiger partial charge in [-0.25, -0.2) is 0 Å². The Morgan fingerprint density at radius 1 is 1.60 bits per heavy atom. The van der Waals surface area contributed by atoms with Gasteiger partial charge in [0.05, 0.1) is 0 Å². The molecule has 0 aromatic carbocycles. The van der Waals surface area contributed by atoms with E-state index in [1.165, 1.54) is 0 Å². The highest BCUT2D eigenvalue weighted by Crippen LogP contribution is 2.12. The van der Waals surface area contributed by atoms with Crippen LogP contribution >= 0.6 is 0 Å². The summed E-state index contributed by atoms with van der Waals surface area (Å²) in [4.78, 5) is 1.96. The molecule has 15 heavy (non-hydrogen) atoms. The van der Waals surface area contributed by atoms with Crippen molar-refractivity contribution in [1.29, 1.82) is 0 Å². The molecule has 0 aliphatic rings. The average Bonchev–Trinajstić information content (AvgIpc) is 2.61. The number of ether oxygens (including phenoxy) is 1. The van der Waals surface area contributed by atoms with Gasteiger partial charge < -0.3 is 19.8 Å². The number of nitrogen functional groups attached to an aromatic ring is 1. The summed E-state index contributed by atoms with van der Waals surface area (Å²) in [6.45, 7) is 7.23. The first-order valence-electron chi connectivity index (χ1n) is 5.00. The number of rotatable bonds is 6. The van der Waals surface area contributed by atoms with E-state index < -0.39 is 0 Å². The van der Waals surface area contributed by atoms with E-state index in [-0.39, 0.29) is 0 Å². The molecule has 1 rings (SSSR count). The second-order valence-electron chi connectivity index (χ2n) is 3.41. The van der Waals surface area contributed by atoms with E-state index >= 15 is 0 Å². The zero-order valence-electron chi connectivity index (χ0n) is 9.32. The topological polar surface area (TPSA) is 51.6 Å². The van der Waals surface area contributed by atoms with Crippen LogP contribution in [0.2, 0.25) is 0 Å². The van der Waals surface area contributed by atoms with Crippen LogP contribution in [0.4, 0.5) is 5.88 Å². The van der Waals surface area contributed by atoms with Crippen LogP contribution in [0.1, 0.15) is 19.1 Å². The van der Waals surface area contributed by atoms with E-state index in [2.05, 4.69) is 13.5 Å². The van der Waals surface area contributed by atoms with Crippen molar-refractivity contribution in [2.24, 2.45) is 0 Å². The Hall–Kier alpha value is -1.58. The van der Waals surface area contributed by atoms with E-state index in [1.807, 2.05) is 11.9 Å². The maximum absolute atomic E-state index is 5.44. The molecule has 0 bridgehead atoms. The first-order valence-corrected chi connectivity index (χ1v) is 5.00. The van der Waals surface area contributed by atoms with Crippen molar-refractivity contribution >= 4 is 5.88 Å². The lowest BCUT2D eigenvalue weighted by molar-refractivity contribution is 0.107. The molecule has 84 valence electrons. The van der Waals surface area contributed by atoms with Gasteiger partial charge in [0, 0.05) is 19.7 Å². The van der Waals surface area contributed by atoms with Gasteiger partial charge >= 0.3 is 0 Å². The molecule has 0 saturated heterocycles. The molecule has 2 N–H and O–H groups in total. The summed E-state index contributed by atoms with van der Waals surface area (Å²) in [6.07, 6.45) is 1.06. The van der Waals surface area contributed by atoms with Crippen LogP contribution in [0.25, 0.3) is 0 Å². The van der Waals surface area contributed by atoms with Crippen molar-refractivity contribution in [3.05, 3.63) is 30.4 Å². The van der Waals surface area contributed by atoms with Crippen molar-refractivity contribution in [1.82, 2.24) is 4.90 Å². The molecule has 0 fully saturated rings. The summed E-state index contributed by atoms with van der Waals surface area (Å²) in [5.74, 6) is 1.76. The predicted octanol–water partition coefficient (Wildman–Crippen LogP) is 2.19. The summed E-state index contributed by atoms with van der Waals surface area (Å²) in [6, 6.07) is 3.50. The van der Waals surface area contributed by atoms with Gasteiger partial charge in [0.2, 0.25) is 0 Å². The molecule has 0 aliphatic carbocycles. The van der Waals surface area contributed by atoms with Crippen molar-refractivity contribution in [2.75, 3.05) is 19.3 Å². The van der Waals surface area contributed by atoms with Crippen molar-refractivity contribution in [3.8, 4) is 0 Å². The normalized spacial score (nSPS) is 10.0. The van der Waals surface area contributed by atoms with Crippen LogP contribution in [0.15, 0.2) is 29.0 Å². The zero-order valence-corrected chi connectivity index (χ0v) is 9.32. The van der Waals surface area contributed by atoms with Crippen LogP contribution in [0.5, 0.6) is 0 Å². The Morgan fingerprint density at radius 3 is 2.87 bits per heavy atom. The minimum absolute atomic E-state index is 0.365. The smallest absolute Gasteiger partial charge is 0.190 e. The van der Waals surface area contributed by atoms with E-state index in [4.69, 9.17) is 14.9 Å².